The van der Waals surface area contributed by atoms with E-state index in [1.54, 1.807) is 16.9 Å². The summed E-state index contributed by atoms with van der Waals surface area (Å²) in [5.74, 6) is 0.242. The van der Waals surface area contributed by atoms with E-state index in [0.717, 1.165) is 23.5 Å². The van der Waals surface area contributed by atoms with E-state index in [1.165, 1.54) is 0 Å². The Labute approximate surface area is 140 Å². The van der Waals surface area contributed by atoms with Crippen LogP contribution in [0.5, 0.6) is 0 Å². The number of carbonyl (C=O) groups excluding carboxylic acids is 1. The van der Waals surface area contributed by atoms with E-state index in [2.05, 4.69) is 34.3 Å². The average Bonchev–Trinajstić information content (AvgIpc) is 3.15. The number of hydrogen-bond donors (Lipinski definition) is 1. The minimum atomic E-state index is -0.149. The summed E-state index contributed by atoms with van der Waals surface area (Å²) in [6.45, 7) is 9.55. The molecule has 1 N–H and O–H groups in total. The molecular formula is C17H22N6O. The van der Waals surface area contributed by atoms with Gasteiger partial charge >= 0.3 is 0 Å². The molecule has 24 heavy (non-hydrogen) atoms. The Bertz CT molecular complexity index is 876. The molecule has 0 radical (unpaired) electrons. The molecule has 7 nitrogen and oxygen atoms in total. The summed E-state index contributed by atoms with van der Waals surface area (Å²) < 4.78 is 3.59. The first kappa shape index (κ1) is 16.2. The molecule has 0 aliphatic carbocycles. The number of amides is 1. The van der Waals surface area contributed by atoms with Crippen LogP contribution < -0.4 is 5.32 Å². The first-order valence-electron chi connectivity index (χ1n) is 8.16. The highest BCUT2D eigenvalue weighted by atomic mass is 16.1. The molecule has 0 unspecified atom stereocenters. The molecule has 0 fully saturated rings. The fraction of sp³-hybridized carbons (Fsp3) is 0.412. The largest absolute Gasteiger partial charge is 0.352 e. The predicted octanol–water partition coefficient (Wildman–Crippen LogP) is 2.31. The Morgan fingerprint density at radius 3 is 2.83 bits per heavy atom. The Morgan fingerprint density at radius 2 is 2.17 bits per heavy atom. The Kier molecular flexibility index (Phi) is 4.33. The molecule has 7 heteroatoms. The van der Waals surface area contributed by atoms with Gasteiger partial charge < -0.3 is 5.32 Å². The van der Waals surface area contributed by atoms with E-state index < -0.39 is 0 Å². The third-order valence-corrected chi connectivity index (χ3v) is 3.86. The van der Waals surface area contributed by atoms with Crippen molar-refractivity contribution in [1.29, 1.82) is 0 Å². The number of aryl methyl sites for hydroxylation is 2. The van der Waals surface area contributed by atoms with E-state index in [4.69, 9.17) is 0 Å². The fourth-order valence-corrected chi connectivity index (χ4v) is 2.58. The summed E-state index contributed by atoms with van der Waals surface area (Å²) >= 11 is 0. The summed E-state index contributed by atoms with van der Waals surface area (Å²) in [5.41, 5.74) is 3.82. The molecule has 3 aromatic rings. The Balaban J connectivity index is 2.03. The smallest absolute Gasteiger partial charge is 0.256 e. The second-order valence-corrected chi connectivity index (χ2v) is 6.21. The van der Waals surface area contributed by atoms with Crippen molar-refractivity contribution in [2.24, 2.45) is 5.92 Å². The summed E-state index contributed by atoms with van der Waals surface area (Å²) in [6.07, 6.45) is 5.26. The van der Waals surface area contributed by atoms with E-state index in [-0.39, 0.29) is 5.91 Å². The van der Waals surface area contributed by atoms with Crippen LogP contribution in [0.3, 0.4) is 0 Å². The number of nitrogens with one attached hydrogen (secondary N) is 1. The summed E-state index contributed by atoms with van der Waals surface area (Å²) in [4.78, 5) is 16.7. The molecule has 0 bridgehead atoms. The van der Waals surface area contributed by atoms with Crippen LogP contribution in [-0.2, 0) is 6.54 Å². The molecule has 0 aliphatic rings. The number of nitrogens with zero attached hydrogens (tertiary/aromatic N) is 5. The maximum absolute atomic E-state index is 12.4. The van der Waals surface area contributed by atoms with Crippen molar-refractivity contribution >= 4 is 11.6 Å². The van der Waals surface area contributed by atoms with Gasteiger partial charge in [-0.05, 0) is 25.8 Å². The van der Waals surface area contributed by atoms with Crippen LogP contribution in [0.1, 0.15) is 36.8 Å². The van der Waals surface area contributed by atoms with Gasteiger partial charge in [-0.3, -0.25) is 9.48 Å². The van der Waals surface area contributed by atoms with E-state index in [9.17, 15) is 4.79 Å². The van der Waals surface area contributed by atoms with Gasteiger partial charge in [0.05, 0.1) is 17.6 Å². The highest BCUT2D eigenvalue weighted by Crippen LogP contribution is 2.23. The third kappa shape index (κ3) is 2.89. The zero-order chi connectivity index (χ0) is 17.3. The van der Waals surface area contributed by atoms with Gasteiger partial charge in [0.25, 0.3) is 5.91 Å². The Morgan fingerprint density at radius 1 is 1.38 bits per heavy atom. The zero-order valence-electron chi connectivity index (χ0n) is 14.4. The van der Waals surface area contributed by atoms with Gasteiger partial charge in [-0.25, -0.2) is 9.50 Å². The molecule has 0 saturated carbocycles. The van der Waals surface area contributed by atoms with Crippen LogP contribution in [-0.4, -0.2) is 36.8 Å². The summed E-state index contributed by atoms with van der Waals surface area (Å²) in [6, 6.07) is 1.89. The molecule has 0 aromatic carbocycles. The van der Waals surface area contributed by atoms with E-state index >= 15 is 0 Å². The molecule has 1 amide bonds. The molecule has 3 aromatic heterocycles. The summed E-state index contributed by atoms with van der Waals surface area (Å²) in [5, 5.41) is 11.8. The van der Waals surface area contributed by atoms with Gasteiger partial charge in [-0.2, -0.15) is 10.2 Å². The molecule has 126 valence electrons. The first-order chi connectivity index (χ1) is 11.5. The highest BCUT2D eigenvalue weighted by molar-refractivity contribution is 5.99. The van der Waals surface area contributed by atoms with Crippen molar-refractivity contribution in [1.82, 2.24) is 29.7 Å². The lowest BCUT2D eigenvalue weighted by Crippen LogP contribution is -2.27. The minimum Gasteiger partial charge on any atom is -0.352 e. The minimum absolute atomic E-state index is 0.149. The standard InChI is InChI=1S/C17H22N6O/c1-5-22-10-14(12(4)21-22)15-6-7-18-16-13(9-20-23(15)16)17(24)19-8-11(2)3/h6-7,9-11H,5,8H2,1-4H3,(H,19,24). The topological polar surface area (TPSA) is 77.1 Å². The number of fused-ring (bicyclic) bond motifs is 1. The van der Waals surface area contributed by atoms with Crippen LogP contribution in [0.25, 0.3) is 16.9 Å². The molecule has 0 atom stereocenters. The van der Waals surface area contributed by atoms with Gasteiger partial charge in [0.2, 0.25) is 0 Å². The lowest BCUT2D eigenvalue weighted by molar-refractivity contribution is 0.0950. The zero-order valence-corrected chi connectivity index (χ0v) is 14.4. The lowest BCUT2D eigenvalue weighted by atomic mass is 10.2. The van der Waals surface area contributed by atoms with E-state index in [1.807, 2.05) is 30.8 Å². The maximum atomic E-state index is 12.4. The van der Waals surface area contributed by atoms with Crippen molar-refractivity contribution in [2.45, 2.75) is 34.2 Å². The normalized spacial score (nSPS) is 11.4. The molecule has 0 saturated heterocycles. The summed E-state index contributed by atoms with van der Waals surface area (Å²) in [7, 11) is 0. The van der Waals surface area contributed by atoms with Crippen LogP contribution in [0, 0.1) is 12.8 Å². The third-order valence-electron chi connectivity index (χ3n) is 3.86. The van der Waals surface area contributed by atoms with Gasteiger partial charge in [-0.15, -0.1) is 0 Å². The number of aromatic nitrogens is 5. The monoisotopic (exact) mass is 326 g/mol. The number of rotatable bonds is 5. The van der Waals surface area contributed by atoms with Gasteiger partial charge in [0.1, 0.15) is 5.56 Å². The molecule has 3 heterocycles. The number of hydrogen-bond acceptors (Lipinski definition) is 4. The second-order valence-electron chi connectivity index (χ2n) is 6.21. The van der Waals surface area contributed by atoms with Crippen molar-refractivity contribution in [2.75, 3.05) is 6.54 Å². The van der Waals surface area contributed by atoms with Crippen LogP contribution in [0.2, 0.25) is 0 Å². The quantitative estimate of drug-likeness (QED) is 0.780. The predicted molar refractivity (Wildman–Crippen MR) is 91.8 cm³/mol. The van der Waals surface area contributed by atoms with Gasteiger partial charge in [-0.1, -0.05) is 13.8 Å². The highest BCUT2D eigenvalue weighted by Gasteiger charge is 2.18. The van der Waals surface area contributed by atoms with Gasteiger partial charge in [0, 0.05) is 31.0 Å². The van der Waals surface area contributed by atoms with Crippen molar-refractivity contribution in [3.8, 4) is 11.3 Å². The first-order valence-corrected chi connectivity index (χ1v) is 8.16. The van der Waals surface area contributed by atoms with Crippen molar-refractivity contribution in [3.63, 3.8) is 0 Å². The average molecular weight is 326 g/mol. The SMILES string of the molecule is CCn1cc(-c2ccnc3c(C(=O)NCC(C)C)cnn23)c(C)n1. The number of carbonyl (C=O) groups is 1. The molecule has 0 aliphatic heterocycles. The van der Waals surface area contributed by atoms with Crippen LogP contribution in [0.15, 0.2) is 24.7 Å². The molecule has 3 rings (SSSR count). The maximum Gasteiger partial charge on any atom is 0.256 e. The van der Waals surface area contributed by atoms with E-state index in [0.29, 0.717) is 23.7 Å². The van der Waals surface area contributed by atoms with Crippen molar-refractivity contribution in [3.05, 3.63) is 35.9 Å². The van der Waals surface area contributed by atoms with Crippen LogP contribution >= 0.6 is 0 Å². The fourth-order valence-electron chi connectivity index (χ4n) is 2.58. The Hall–Kier alpha value is -2.70. The lowest BCUT2D eigenvalue weighted by Gasteiger charge is -2.07. The van der Waals surface area contributed by atoms with Crippen LogP contribution in [0.4, 0.5) is 0 Å². The molecular weight excluding hydrogens is 304 g/mol. The van der Waals surface area contributed by atoms with Crippen molar-refractivity contribution < 1.29 is 4.79 Å². The molecule has 0 spiro atoms. The van der Waals surface area contributed by atoms with Gasteiger partial charge in [0.15, 0.2) is 5.65 Å². The second kappa shape index (κ2) is 6.43.